The number of anilines is 1. The van der Waals surface area contributed by atoms with Gasteiger partial charge < -0.3 is 19.5 Å². The van der Waals surface area contributed by atoms with Gasteiger partial charge in [-0.3, -0.25) is 4.79 Å². The molecule has 8 heteroatoms. The molecule has 0 atom stereocenters. The molecule has 0 fully saturated rings. The minimum Gasteiger partial charge on any atom is -0.462 e. The Bertz CT molecular complexity index is 1180. The zero-order chi connectivity index (χ0) is 22.3. The fourth-order valence-corrected chi connectivity index (χ4v) is 5.80. The predicted molar refractivity (Wildman–Crippen MR) is 126 cm³/mol. The molecule has 0 bridgehead atoms. The third kappa shape index (κ3) is 3.86. The van der Waals surface area contributed by atoms with E-state index in [-0.39, 0.29) is 11.9 Å². The largest absolute Gasteiger partial charge is 0.462 e. The van der Waals surface area contributed by atoms with Gasteiger partial charge in [-0.1, -0.05) is 11.6 Å². The lowest BCUT2D eigenvalue weighted by atomic mass is 10.0. The van der Waals surface area contributed by atoms with Gasteiger partial charge in [-0.05, 0) is 63.6 Å². The van der Waals surface area contributed by atoms with Crippen LogP contribution in [-0.4, -0.2) is 41.5 Å². The van der Waals surface area contributed by atoms with Gasteiger partial charge in [0.1, 0.15) is 10.7 Å². The number of thiophene rings is 1. The third-order valence-electron chi connectivity index (χ3n) is 5.76. The van der Waals surface area contributed by atoms with Crippen LogP contribution in [0.2, 0.25) is 5.02 Å². The molecule has 6 nitrogen and oxygen atoms in total. The van der Waals surface area contributed by atoms with Gasteiger partial charge in [-0.15, -0.1) is 11.3 Å². The molecule has 0 radical (unpaired) electrons. The van der Waals surface area contributed by atoms with Crippen molar-refractivity contribution in [1.29, 1.82) is 0 Å². The van der Waals surface area contributed by atoms with Gasteiger partial charge in [0.05, 0.1) is 12.2 Å². The number of ether oxygens (including phenoxy) is 1. The quantitative estimate of drug-likeness (QED) is 0.539. The molecular formula is C23H26ClN3O3S. The summed E-state index contributed by atoms with van der Waals surface area (Å²) in [6.45, 7) is 8.29. The number of rotatable bonds is 5. The summed E-state index contributed by atoms with van der Waals surface area (Å²) >= 11 is 7.66. The number of likely N-dealkylation sites (N-methyl/N-ethyl adjacent to an activating group) is 1. The highest BCUT2D eigenvalue weighted by Gasteiger charge is 2.30. The highest BCUT2D eigenvalue weighted by Crippen LogP contribution is 2.38. The molecule has 0 saturated heterocycles. The highest BCUT2D eigenvalue weighted by molar-refractivity contribution is 7.17. The Labute approximate surface area is 190 Å². The van der Waals surface area contributed by atoms with E-state index in [0.717, 1.165) is 46.4 Å². The van der Waals surface area contributed by atoms with E-state index in [1.807, 2.05) is 36.6 Å². The summed E-state index contributed by atoms with van der Waals surface area (Å²) in [6.07, 6.45) is 0.763. The number of esters is 1. The van der Waals surface area contributed by atoms with E-state index < -0.39 is 0 Å². The average molecular weight is 460 g/mol. The number of nitrogens with zero attached hydrogens (tertiary/aromatic N) is 2. The maximum Gasteiger partial charge on any atom is 0.341 e. The summed E-state index contributed by atoms with van der Waals surface area (Å²) in [5, 5.41) is 5.19. The molecule has 0 unspecified atom stereocenters. The number of carbonyl (C=O) groups excluding carboxylic acids is 2. The van der Waals surface area contributed by atoms with Gasteiger partial charge in [-0.25, -0.2) is 4.79 Å². The van der Waals surface area contributed by atoms with E-state index in [0.29, 0.717) is 34.4 Å². The second-order valence-corrected chi connectivity index (χ2v) is 9.29. The SMILES string of the molecule is CCOC(=O)c1c(NC(=O)c2c(C)c3cc(Cl)ccc3n2CC)sc2c1CCN(C)C2. The number of carbonyl (C=O) groups is 2. The zero-order valence-corrected chi connectivity index (χ0v) is 19.7. The molecule has 3 heterocycles. The Kier molecular flexibility index (Phi) is 6.10. The molecular weight excluding hydrogens is 434 g/mol. The molecule has 31 heavy (non-hydrogen) atoms. The standard InChI is InChI=1S/C23H26ClN3O3S/c1-5-27-17-8-7-14(24)11-16(17)13(3)20(27)21(28)25-22-19(23(29)30-6-2)15-9-10-26(4)12-18(15)31-22/h7-8,11H,5-6,9-10,12H2,1-4H3,(H,25,28). The molecule has 1 aliphatic rings. The van der Waals surface area contributed by atoms with E-state index in [9.17, 15) is 9.59 Å². The molecule has 0 aliphatic carbocycles. The van der Waals surface area contributed by atoms with Crippen LogP contribution in [0.25, 0.3) is 10.9 Å². The smallest absolute Gasteiger partial charge is 0.341 e. The Morgan fingerprint density at radius 1 is 1.29 bits per heavy atom. The van der Waals surface area contributed by atoms with E-state index in [4.69, 9.17) is 16.3 Å². The summed E-state index contributed by atoms with van der Waals surface area (Å²) in [5.74, 6) is -0.608. The molecule has 4 rings (SSSR count). The van der Waals surface area contributed by atoms with Crippen molar-refractivity contribution in [3.05, 3.63) is 50.5 Å². The highest BCUT2D eigenvalue weighted by atomic mass is 35.5. The van der Waals surface area contributed by atoms with Crippen molar-refractivity contribution in [2.45, 2.75) is 40.3 Å². The first-order valence-corrected chi connectivity index (χ1v) is 11.6. The zero-order valence-electron chi connectivity index (χ0n) is 18.2. The molecule has 1 N–H and O–H groups in total. The second kappa shape index (κ2) is 8.65. The van der Waals surface area contributed by atoms with Crippen molar-refractivity contribution in [1.82, 2.24) is 9.47 Å². The number of nitrogens with one attached hydrogen (secondary N) is 1. The van der Waals surface area contributed by atoms with Crippen molar-refractivity contribution in [3.63, 3.8) is 0 Å². The fraction of sp³-hybridized carbons (Fsp3) is 0.391. The lowest BCUT2D eigenvalue weighted by molar-refractivity contribution is 0.0526. The number of aryl methyl sites for hydroxylation is 2. The van der Waals surface area contributed by atoms with Gasteiger partial charge in [0, 0.05) is 40.4 Å². The van der Waals surface area contributed by atoms with E-state index in [1.165, 1.54) is 11.3 Å². The summed E-state index contributed by atoms with van der Waals surface area (Å²) in [5.41, 5.74) is 3.92. The van der Waals surface area contributed by atoms with Crippen molar-refractivity contribution in [2.24, 2.45) is 0 Å². The molecule has 2 aromatic heterocycles. The van der Waals surface area contributed by atoms with Crippen LogP contribution in [-0.2, 0) is 24.2 Å². The number of hydrogen-bond donors (Lipinski definition) is 1. The summed E-state index contributed by atoms with van der Waals surface area (Å²) in [7, 11) is 2.05. The van der Waals surface area contributed by atoms with Crippen LogP contribution in [0.3, 0.4) is 0 Å². The van der Waals surface area contributed by atoms with Crippen LogP contribution in [0, 0.1) is 6.92 Å². The first kappa shape index (κ1) is 21.9. The number of benzene rings is 1. The van der Waals surface area contributed by atoms with Crippen LogP contribution in [0.15, 0.2) is 18.2 Å². The molecule has 0 saturated carbocycles. The maximum absolute atomic E-state index is 13.5. The normalized spacial score (nSPS) is 14.0. The third-order valence-corrected chi connectivity index (χ3v) is 7.13. The number of hydrogen-bond acceptors (Lipinski definition) is 5. The average Bonchev–Trinajstić information content (AvgIpc) is 3.21. The second-order valence-electron chi connectivity index (χ2n) is 7.75. The molecule has 0 spiro atoms. The molecule has 1 aromatic carbocycles. The van der Waals surface area contributed by atoms with Crippen molar-refractivity contribution in [2.75, 3.05) is 25.5 Å². The molecule has 1 aliphatic heterocycles. The number of aromatic nitrogens is 1. The van der Waals surface area contributed by atoms with Gasteiger partial charge in [0.15, 0.2) is 0 Å². The Morgan fingerprint density at radius 2 is 2.06 bits per heavy atom. The Morgan fingerprint density at radius 3 is 2.77 bits per heavy atom. The Balaban J connectivity index is 1.77. The molecule has 1 amide bonds. The number of fused-ring (bicyclic) bond motifs is 2. The lowest BCUT2D eigenvalue weighted by Crippen LogP contribution is -2.26. The fourth-order valence-electron chi connectivity index (χ4n) is 4.32. The monoisotopic (exact) mass is 459 g/mol. The number of halogens is 1. The molecule has 3 aromatic rings. The van der Waals surface area contributed by atoms with E-state index in [2.05, 4.69) is 17.3 Å². The van der Waals surface area contributed by atoms with Gasteiger partial charge in [0.25, 0.3) is 5.91 Å². The minimum absolute atomic E-state index is 0.232. The van der Waals surface area contributed by atoms with Crippen LogP contribution in [0.5, 0.6) is 0 Å². The summed E-state index contributed by atoms with van der Waals surface area (Å²) < 4.78 is 7.31. The van der Waals surface area contributed by atoms with Gasteiger partial charge in [0.2, 0.25) is 0 Å². The van der Waals surface area contributed by atoms with Crippen molar-refractivity contribution in [3.8, 4) is 0 Å². The predicted octanol–water partition coefficient (Wildman–Crippen LogP) is 5.10. The summed E-state index contributed by atoms with van der Waals surface area (Å²) in [6, 6.07) is 5.66. The van der Waals surface area contributed by atoms with Crippen LogP contribution < -0.4 is 5.32 Å². The van der Waals surface area contributed by atoms with Crippen molar-refractivity contribution >= 4 is 50.7 Å². The Hall–Kier alpha value is -2.35. The summed E-state index contributed by atoms with van der Waals surface area (Å²) in [4.78, 5) is 29.5. The van der Waals surface area contributed by atoms with Crippen LogP contribution in [0.4, 0.5) is 5.00 Å². The first-order chi connectivity index (χ1) is 14.8. The van der Waals surface area contributed by atoms with Crippen LogP contribution >= 0.6 is 22.9 Å². The lowest BCUT2D eigenvalue weighted by Gasteiger charge is -2.22. The molecule has 164 valence electrons. The van der Waals surface area contributed by atoms with E-state index in [1.54, 1.807) is 6.92 Å². The van der Waals surface area contributed by atoms with Gasteiger partial charge >= 0.3 is 5.97 Å². The maximum atomic E-state index is 13.5. The minimum atomic E-state index is -0.376. The number of amides is 1. The van der Waals surface area contributed by atoms with Gasteiger partial charge in [-0.2, -0.15) is 0 Å². The first-order valence-electron chi connectivity index (χ1n) is 10.5. The topological polar surface area (TPSA) is 63.6 Å². The van der Waals surface area contributed by atoms with E-state index >= 15 is 0 Å². The van der Waals surface area contributed by atoms with Crippen LogP contribution in [0.1, 0.15) is 50.7 Å². The van der Waals surface area contributed by atoms with Crippen molar-refractivity contribution < 1.29 is 14.3 Å².